The number of carbonyl (C=O) groups excluding carboxylic acids is 1. The summed E-state index contributed by atoms with van der Waals surface area (Å²) in [5.41, 5.74) is 8.80. The zero-order valence-corrected chi connectivity index (χ0v) is 18.7. The summed E-state index contributed by atoms with van der Waals surface area (Å²) in [5, 5.41) is 15.4. The molecule has 4 aromatic rings. The Balaban J connectivity index is 1.40. The third kappa shape index (κ3) is 4.37. The highest BCUT2D eigenvalue weighted by molar-refractivity contribution is 6.32. The lowest BCUT2D eigenvalue weighted by Gasteiger charge is -2.11. The van der Waals surface area contributed by atoms with E-state index < -0.39 is 5.97 Å². The van der Waals surface area contributed by atoms with Gasteiger partial charge in [-0.3, -0.25) is 4.79 Å². The van der Waals surface area contributed by atoms with Gasteiger partial charge in [0.1, 0.15) is 12.4 Å². The number of benzene rings is 3. The Hall–Kier alpha value is -4.85. The van der Waals surface area contributed by atoms with Crippen molar-refractivity contribution in [1.82, 2.24) is 4.57 Å². The Morgan fingerprint density at radius 2 is 1.71 bits per heavy atom. The predicted molar refractivity (Wildman–Crippen MR) is 134 cm³/mol. The first-order valence-electron chi connectivity index (χ1n) is 11.0. The maximum Gasteiger partial charge on any atom is 0.335 e. The number of carboxylic acids is 1. The molecule has 174 valence electrons. The molecule has 2 heterocycles. The van der Waals surface area contributed by atoms with Crippen molar-refractivity contribution in [2.24, 2.45) is 10.8 Å². The number of amides is 1. The molecule has 0 atom stereocenters. The second kappa shape index (κ2) is 9.18. The molecule has 0 spiro atoms. The van der Waals surface area contributed by atoms with E-state index in [2.05, 4.69) is 9.67 Å². The number of ether oxygens (including phenoxy) is 1. The fourth-order valence-corrected chi connectivity index (χ4v) is 4.00. The van der Waals surface area contributed by atoms with E-state index in [1.807, 2.05) is 60.8 Å². The first-order valence-corrected chi connectivity index (χ1v) is 11.0. The SMILES string of the molecule is NC1=NN(c2ccc(C(=O)O)cc2)C(=O)C1=Cc1cn(CCOc2ccccc2)c2ccccc12. The molecule has 0 unspecified atom stereocenters. The lowest BCUT2D eigenvalue weighted by atomic mass is 10.1. The van der Waals surface area contributed by atoms with Crippen LogP contribution in [-0.2, 0) is 11.3 Å². The number of fused-ring (bicyclic) bond motifs is 1. The lowest BCUT2D eigenvalue weighted by Crippen LogP contribution is -2.22. The molecule has 0 bridgehead atoms. The molecule has 3 aromatic carbocycles. The molecule has 0 fully saturated rings. The van der Waals surface area contributed by atoms with E-state index in [-0.39, 0.29) is 22.9 Å². The van der Waals surface area contributed by atoms with Gasteiger partial charge in [0, 0.05) is 22.7 Å². The monoisotopic (exact) mass is 466 g/mol. The molecule has 3 N–H and O–H groups in total. The number of nitrogens with zero attached hydrogens (tertiary/aromatic N) is 3. The number of aromatic nitrogens is 1. The molecule has 0 saturated heterocycles. The number of hydrogen-bond donors (Lipinski definition) is 2. The highest BCUT2D eigenvalue weighted by atomic mass is 16.5. The van der Waals surface area contributed by atoms with Crippen molar-refractivity contribution in [2.45, 2.75) is 6.54 Å². The van der Waals surface area contributed by atoms with Crippen molar-refractivity contribution in [1.29, 1.82) is 0 Å². The van der Waals surface area contributed by atoms with Crippen molar-refractivity contribution >= 4 is 40.4 Å². The van der Waals surface area contributed by atoms with Crippen LogP contribution in [0.5, 0.6) is 5.75 Å². The van der Waals surface area contributed by atoms with Gasteiger partial charge in [-0.05, 0) is 48.5 Å². The van der Waals surface area contributed by atoms with E-state index in [0.717, 1.165) is 22.2 Å². The molecule has 35 heavy (non-hydrogen) atoms. The molecule has 0 radical (unpaired) electrons. The smallest absolute Gasteiger partial charge is 0.335 e. The molecule has 0 aliphatic carbocycles. The van der Waals surface area contributed by atoms with Crippen LogP contribution in [0.1, 0.15) is 15.9 Å². The number of hydrazone groups is 1. The minimum atomic E-state index is -1.04. The Morgan fingerprint density at radius 3 is 2.46 bits per heavy atom. The number of nitrogens with two attached hydrogens (primary N) is 1. The fraction of sp³-hybridized carbons (Fsp3) is 0.0741. The Bertz CT molecular complexity index is 1470. The first-order chi connectivity index (χ1) is 17.0. The van der Waals surface area contributed by atoms with Gasteiger partial charge in [0.05, 0.1) is 23.4 Å². The number of para-hydroxylation sites is 2. The Morgan fingerprint density at radius 1 is 1.00 bits per heavy atom. The van der Waals surface area contributed by atoms with Crippen molar-refractivity contribution in [2.75, 3.05) is 11.6 Å². The van der Waals surface area contributed by atoms with Crippen LogP contribution < -0.4 is 15.5 Å². The molecular formula is C27H22N4O4. The van der Waals surface area contributed by atoms with Gasteiger partial charge in [-0.25, -0.2) is 4.79 Å². The average molecular weight is 466 g/mol. The molecule has 1 aliphatic heterocycles. The van der Waals surface area contributed by atoms with Gasteiger partial charge >= 0.3 is 5.97 Å². The molecular weight excluding hydrogens is 444 g/mol. The minimum absolute atomic E-state index is 0.0987. The first kappa shape index (κ1) is 22.0. The van der Waals surface area contributed by atoms with Crippen LogP contribution in [-0.4, -0.2) is 34.0 Å². The number of carboxylic acid groups (broad SMARTS) is 1. The van der Waals surface area contributed by atoms with E-state index in [0.29, 0.717) is 18.8 Å². The predicted octanol–water partition coefficient (Wildman–Crippen LogP) is 4.12. The summed E-state index contributed by atoms with van der Waals surface area (Å²) >= 11 is 0. The van der Waals surface area contributed by atoms with Crippen molar-refractivity contribution < 1.29 is 19.4 Å². The van der Waals surface area contributed by atoms with Gasteiger partial charge in [0.2, 0.25) is 0 Å². The quantitative estimate of drug-likeness (QED) is 0.398. The highest BCUT2D eigenvalue weighted by Crippen LogP contribution is 2.28. The van der Waals surface area contributed by atoms with Gasteiger partial charge in [-0.2, -0.15) is 5.01 Å². The summed E-state index contributed by atoms with van der Waals surface area (Å²) in [7, 11) is 0. The Kier molecular flexibility index (Phi) is 5.76. The fourth-order valence-electron chi connectivity index (χ4n) is 4.00. The number of amidine groups is 1. The summed E-state index contributed by atoms with van der Waals surface area (Å²) in [4.78, 5) is 24.2. The molecule has 8 nitrogen and oxygen atoms in total. The van der Waals surface area contributed by atoms with Gasteiger partial charge in [0.25, 0.3) is 5.91 Å². The zero-order chi connectivity index (χ0) is 24.4. The van der Waals surface area contributed by atoms with Crippen molar-refractivity contribution in [3.8, 4) is 5.75 Å². The standard InChI is InChI=1S/C27H22N4O4/c28-25-23(26(32)31(29-25)20-12-10-18(11-13-20)27(33)34)16-19-17-30(24-9-5-4-8-22(19)24)14-15-35-21-6-2-1-3-7-21/h1-13,16-17H,14-15H2,(H2,28,29)(H,33,34). The number of hydrogen-bond acceptors (Lipinski definition) is 5. The molecule has 8 heteroatoms. The maximum atomic E-state index is 13.1. The number of anilines is 1. The van der Waals surface area contributed by atoms with Crippen LogP contribution in [0.4, 0.5) is 5.69 Å². The molecule has 5 rings (SSSR count). The zero-order valence-electron chi connectivity index (χ0n) is 18.7. The third-order valence-corrected chi connectivity index (χ3v) is 5.73. The van der Waals surface area contributed by atoms with E-state index in [1.54, 1.807) is 6.08 Å². The van der Waals surface area contributed by atoms with Crippen LogP contribution in [0.3, 0.4) is 0 Å². The summed E-state index contributed by atoms with van der Waals surface area (Å²) in [6.45, 7) is 1.11. The van der Waals surface area contributed by atoms with E-state index in [4.69, 9.17) is 15.6 Å². The lowest BCUT2D eigenvalue weighted by molar-refractivity contribution is -0.114. The third-order valence-electron chi connectivity index (χ3n) is 5.73. The van der Waals surface area contributed by atoms with Crippen LogP contribution >= 0.6 is 0 Å². The number of carbonyl (C=O) groups is 2. The molecule has 1 aromatic heterocycles. The topological polar surface area (TPSA) is 110 Å². The maximum absolute atomic E-state index is 13.1. The summed E-state index contributed by atoms with van der Waals surface area (Å²) < 4.78 is 7.93. The Labute approximate surface area is 201 Å². The second-order valence-corrected chi connectivity index (χ2v) is 7.97. The summed E-state index contributed by atoms with van der Waals surface area (Å²) in [6, 6.07) is 23.4. The largest absolute Gasteiger partial charge is 0.492 e. The van der Waals surface area contributed by atoms with Crippen LogP contribution in [0.2, 0.25) is 0 Å². The van der Waals surface area contributed by atoms with Crippen LogP contribution in [0.15, 0.2) is 95.7 Å². The summed E-state index contributed by atoms with van der Waals surface area (Å²) in [5.74, 6) is -0.516. The minimum Gasteiger partial charge on any atom is -0.492 e. The number of rotatable bonds is 7. The second-order valence-electron chi connectivity index (χ2n) is 7.97. The van der Waals surface area contributed by atoms with Gasteiger partial charge in [-0.1, -0.05) is 36.4 Å². The van der Waals surface area contributed by atoms with Gasteiger partial charge < -0.3 is 20.1 Å². The molecule has 1 amide bonds. The number of aromatic carboxylic acids is 1. The van der Waals surface area contributed by atoms with Crippen LogP contribution in [0.25, 0.3) is 17.0 Å². The van der Waals surface area contributed by atoms with Crippen molar-refractivity contribution in [3.05, 3.63) is 102 Å². The molecule has 1 aliphatic rings. The highest BCUT2D eigenvalue weighted by Gasteiger charge is 2.30. The normalized spacial score (nSPS) is 14.5. The van der Waals surface area contributed by atoms with Gasteiger partial charge in [0.15, 0.2) is 5.84 Å². The van der Waals surface area contributed by atoms with Crippen LogP contribution in [0, 0.1) is 0 Å². The van der Waals surface area contributed by atoms with E-state index in [9.17, 15) is 9.59 Å². The molecule has 0 saturated carbocycles. The van der Waals surface area contributed by atoms with E-state index in [1.165, 1.54) is 29.3 Å². The van der Waals surface area contributed by atoms with Gasteiger partial charge in [-0.15, -0.1) is 5.10 Å². The average Bonchev–Trinajstić information content (AvgIpc) is 3.37. The van der Waals surface area contributed by atoms with Crippen molar-refractivity contribution in [3.63, 3.8) is 0 Å². The summed E-state index contributed by atoms with van der Waals surface area (Å²) in [6.07, 6.45) is 3.71. The van der Waals surface area contributed by atoms with E-state index >= 15 is 0 Å².